The molecule has 8 heteroatoms. The van der Waals surface area contributed by atoms with Crippen molar-refractivity contribution in [3.63, 3.8) is 0 Å². The molecule has 0 aliphatic carbocycles. The molecule has 2 aromatic rings. The molecule has 0 saturated heterocycles. The SMILES string of the molecule is Cl.Fc1ccccc1Nc1nc(Cl)nc(Cl)n1. The Morgan fingerprint density at radius 2 is 1.59 bits per heavy atom. The van der Waals surface area contributed by atoms with Crippen LogP contribution in [0.3, 0.4) is 0 Å². The first-order valence-corrected chi connectivity index (χ1v) is 4.99. The third-order valence-corrected chi connectivity index (χ3v) is 2.04. The van der Waals surface area contributed by atoms with Crippen molar-refractivity contribution in [3.8, 4) is 0 Å². The molecule has 0 fully saturated rings. The van der Waals surface area contributed by atoms with Crippen LogP contribution < -0.4 is 5.32 Å². The predicted molar refractivity (Wildman–Crippen MR) is 66.8 cm³/mol. The molecule has 0 aliphatic heterocycles. The molecule has 2 rings (SSSR count). The van der Waals surface area contributed by atoms with E-state index in [4.69, 9.17) is 23.2 Å². The first kappa shape index (κ1) is 13.9. The van der Waals surface area contributed by atoms with E-state index in [2.05, 4.69) is 20.3 Å². The number of halogens is 4. The van der Waals surface area contributed by atoms with Crippen LogP contribution in [0, 0.1) is 5.82 Å². The van der Waals surface area contributed by atoms with Crippen LogP contribution in [0.15, 0.2) is 24.3 Å². The minimum Gasteiger partial charge on any atom is -0.321 e. The Hall–Kier alpha value is -1.17. The van der Waals surface area contributed by atoms with E-state index in [1.54, 1.807) is 18.2 Å². The van der Waals surface area contributed by atoms with E-state index in [1.165, 1.54) is 6.07 Å². The van der Waals surface area contributed by atoms with E-state index in [0.29, 0.717) is 0 Å². The van der Waals surface area contributed by atoms with Crippen molar-refractivity contribution in [2.24, 2.45) is 0 Å². The second-order valence-corrected chi connectivity index (χ2v) is 3.48. The van der Waals surface area contributed by atoms with Crippen molar-refractivity contribution >= 4 is 47.2 Å². The summed E-state index contributed by atoms with van der Waals surface area (Å²) in [4.78, 5) is 11.1. The number of nitrogens with zero attached hydrogens (tertiary/aromatic N) is 3. The fourth-order valence-electron chi connectivity index (χ4n) is 1.06. The normalized spacial score (nSPS) is 9.59. The third-order valence-electron chi connectivity index (χ3n) is 1.70. The number of para-hydroxylation sites is 1. The molecule has 1 aromatic carbocycles. The number of anilines is 2. The average Bonchev–Trinajstić information content (AvgIpc) is 2.20. The van der Waals surface area contributed by atoms with Gasteiger partial charge in [0, 0.05) is 0 Å². The Balaban J connectivity index is 0.00000144. The summed E-state index contributed by atoms with van der Waals surface area (Å²) in [5.74, 6) is -0.328. The monoisotopic (exact) mass is 294 g/mol. The van der Waals surface area contributed by atoms with Crippen LogP contribution >= 0.6 is 35.6 Å². The van der Waals surface area contributed by atoms with Gasteiger partial charge in [-0.05, 0) is 35.3 Å². The first-order chi connectivity index (χ1) is 7.65. The molecule has 1 aromatic heterocycles. The summed E-state index contributed by atoms with van der Waals surface area (Å²) in [6.45, 7) is 0. The molecule has 1 N–H and O–H groups in total. The molecule has 0 bridgehead atoms. The Bertz CT molecular complexity index is 503. The van der Waals surface area contributed by atoms with Crippen LogP contribution in [0.4, 0.5) is 16.0 Å². The molecule has 0 amide bonds. The highest BCUT2D eigenvalue weighted by molar-refractivity contribution is 6.31. The first-order valence-electron chi connectivity index (χ1n) is 4.24. The van der Waals surface area contributed by atoms with Gasteiger partial charge in [0.05, 0.1) is 5.69 Å². The maximum atomic E-state index is 13.3. The molecule has 1 heterocycles. The number of hydrogen-bond donors (Lipinski definition) is 1. The number of benzene rings is 1. The highest BCUT2D eigenvalue weighted by Crippen LogP contribution is 2.18. The predicted octanol–water partition coefficient (Wildman–Crippen LogP) is 3.48. The summed E-state index contributed by atoms with van der Waals surface area (Å²) < 4.78 is 13.3. The van der Waals surface area contributed by atoms with E-state index in [-0.39, 0.29) is 34.6 Å². The van der Waals surface area contributed by atoms with Crippen molar-refractivity contribution in [3.05, 3.63) is 40.6 Å². The molecular weight excluding hydrogens is 289 g/mol. The van der Waals surface area contributed by atoms with Crippen LogP contribution in [0.25, 0.3) is 0 Å². The minimum atomic E-state index is -0.421. The highest BCUT2D eigenvalue weighted by atomic mass is 35.5. The molecule has 90 valence electrons. The molecule has 0 spiro atoms. The summed E-state index contributed by atoms with van der Waals surface area (Å²) in [6.07, 6.45) is 0. The second kappa shape index (κ2) is 5.95. The van der Waals surface area contributed by atoms with Gasteiger partial charge in [0.2, 0.25) is 16.5 Å². The molecule has 0 aliphatic rings. The van der Waals surface area contributed by atoms with E-state index in [1.807, 2.05) is 0 Å². The topological polar surface area (TPSA) is 50.7 Å². The zero-order chi connectivity index (χ0) is 11.5. The smallest absolute Gasteiger partial charge is 0.232 e. The maximum Gasteiger partial charge on any atom is 0.232 e. The summed E-state index contributed by atoms with van der Waals surface area (Å²) >= 11 is 11.2. The lowest BCUT2D eigenvalue weighted by Crippen LogP contribution is -2.00. The van der Waals surface area contributed by atoms with Gasteiger partial charge >= 0.3 is 0 Å². The number of rotatable bonds is 2. The van der Waals surface area contributed by atoms with E-state index < -0.39 is 5.82 Å². The summed E-state index contributed by atoms with van der Waals surface area (Å²) in [6, 6.07) is 6.11. The van der Waals surface area contributed by atoms with Gasteiger partial charge < -0.3 is 5.32 Å². The summed E-state index contributed by atoms with van der Waals surface area (Å²) in [5, 5.41) is 2.53. The van der Waals surface area contributed by atoms with Gasteiger partial charge in [0.15, 0.2) is 0 Å². The number of hydrogen-bond acceptors (Lipinski definition) is 4. The Morgan fingerprint density at radius 1 is 1.00 bits per heavy atom. The van der Waals surface area contributed by atoms with E-state index in [9.17, 15) is 4.39 Å². The van der Waals surface area contributed by atoms with Crippen LogP contribution in [0.2, 0.25) is 10.6 Å². The van der Waals surface area contributed by atoms with Gasteiger partial charge in [-0.15, -0.1) is 12.4 Å². The van der Waals surface area contributed by atoms with Crippen molar-refractivity contribution in [1.82, 2.24) is 15.0 Å². The Labute approximate surface area is 113 Å². The molecule has 17 heavy (non-hydrogen) atoms. The third kappa shape index (κ3) is 3.66. The van der Waals surface area contributed by atoms with Crippen molar-refractivity contribution in [2.75, 3.05) is 5.32 Å². The molecule has 0 atom stereocenters. The lowest BCUT2D eigenvalue weighted by molar-refractivity contribution is 0.631. The Morgan fingerprint density at radius 3 is 2.18 bits per heavy atom. The molecule has 0 radical (unpaired) electrons. The highest BCUT2D eigenvalue weighted by Gasteiger charge is 2.05. The second-order valence-electron chi connectivity index (χ2n) is 2.80. The van der Waals surface area contributed by atoms with Gasteiger partial charge in [0.1, 0.15) is 5.82 Å². The summed E-state index contributed by atoms with van der Waals surface area (Å²) in [5.41, 5.74) is 0.237. The van der Waals surface area contributed by atoms with Gasteiger partial charge in [-0.1, -0.05) is 12.1 Å². The minimum absolute atomic E-state index is 0. The van der Waals surface area contributed by atoms with Gasteiger partial charge in [-0.2, -0.15) is 15.0 Å². The summed E-state index contributed by atoms with van der Waals surface area (Å²) in [7, 11) is 0. The molecular formula is C9H6Cl3FN4. The molecule has 0 saturated carbocycles. The molecule has 4 nitrogen and oxygen atoms in total. The van der Waals surface area contributed by atoms with E-state index in [0.717, 1.165) is 0 Å². The number of aromatic nitrogens is 3. The van der Waals surface area contributed by atoms with Crippen LogP contribution in [0.1, 0.15) is 0 Å². The average molecular weight is 296 g/mol. The van der Waals surface area contributed by atoms with E-state index >= 15 is 0 Å². The number of nitrogens with one attached hydrogen (secondary N) is 1. The van der Waals surface area contributed by atoms with Crippen LogP contribution in [0.5, 0.6) is 0 Å². The zero-order valence-electron chi connectivity index (χ0n) is 8.19. The maximum absolute atomic E-state index is 13.3. The Kier molecular flexibility index (Phi) is 4.86. The van der Waals surface area contributed by atoms with Gasteiger partial charge in [-0.3, -0.25) is 0 Å². The lowest BCUT2D eigenvalue weighted by Gasteiger charge is -2.05. The van der Waals surface area contributed by atoms with Crippen LogP contribution in [-0.4, -0.2) is 15.0 Å². The van der Waals surface area contributed by atoms with Crippen molar-refractivity contribution in [2.45, 2.75) is 0 Å². The quantitative estimate of drug-likeness (QED) is 0.921. The fraction of sp³-hybridized carbons (Fsp3) is 0. The van der Waals surface area contributed by atoms with Gasteiger partial charge in [-0.25, -0.2) is 4.39 Å². The van der Waals surface area contributed by atoms with Crippen LogP contribution in [-0.2, 0) is 0 Å². The van der Waals surface area contributed by atoms with Gasteiger partial charge in [0.25, 0.3) is 0 Å². The standard InChI is InChI=1S/C9H5Cl2FN4.ClH/c10-7-14-8(11)16-9(15-7)13-6-4-2-1-3-5(6)12;/h1-4H,(H,13,14,15,16);1H. The fourth-order valence-corrected chi connectivity index (χ4v) is 1.43. The van der Waals surface area contributed by atoms with Crippen molar-refractivity contribution < 1.29 is 4.39 Å². The molecule has 0 unspecified atom stereocenters. The lowest BCUT2D eigenvalue weighted by atomic mass is 10.3. The zero-order valence-corrected chi connectivity index (χ0v) is 10.5. The van der Waals surface area contributed by atoms with Crippen molar-refractivity contribution in [1.29, 1.82) is 0 Å². The largest absolute Gasteiger partial charge is 0.321 e.